The van der Waals surface area contributed by atoms with Crippen molar-refractivity contribution in [2.75, 3.05) is 6.54 Å². The molecule has 158 valence electrons. The molecule has 0 saturated carbocycles. The van der Waals surface area contributed by atoms with Gasteiger partial charge in [0, 0.05) is 23.2 Å². The molecule has 7 heteroatoms. The summed E-state index contributed by atoms with van der Waals surface area (Å²) in [4.78, 5) is 37.7. The highest BCUT2D eigenvalue weighted by Gasteiger charge is 2.30. The molecule has 0 aliphatic rings. The summed E-state index contributed by atoms with van der Waals surface area (Å²) in [5, 5.41) is 2.89. The van der Waals surface area contributed by atoms with Gasteiger partial charge in [0.05, 0.1) is 0 Å². The molecule has 0 spiro atoms. The first-order chi connectivity index (χ1) is 12.8. The molecule has 1 aromatic rings. The van der Waals surface area contributed by atoms with E-state index in [1.165, 1.54) is 0 Å². The fraction of sp³-hybridized carbons (Fsp3) is 0.571. The highest BCUT2D eigenvalue weighted by Crippen LogP contribution is 2.31. The lowest BCUT2D eigenvalue weighted by Crippen LogP contribution is -2.32. The number of amides is 3. The van der Waals surface area contributed by atoms with Crippen molar-refractivity contribution in [3.8, 4) is 0 Å². The first-order valence-electron chi connectivity index (χ1n) is 9.93. The summed E-state index contributed by atoms with van der Waals surface area (Å²) in [5.74, 6) is -1.49. The molecular formula is C21H34ClN3O3. The smallest absolute Gasteiger partial charge is 0.251 e. The van der Waals surface area contributed by atoms with Gasteiger partial charge in [-0.3, -0.25) is 14.4 Å². The van der Waals surface area contributed by atoms with E-state index >= 15 is 0 Å². The van der Waals surface area contributed by atoms with E-state index in [0.29, 0.717) is 59.2 Å². The predicted octanol–water partition coefficient (Wildman–Crippen LogP) is 3.30. The van der Waals surface area contributed by atoms with E-state index in [0.717, 1.165) is 25.7 Å². The van der Waals surface area contributed by atoms with Crippen LogP contribution in [-0.4, -0.2) is 24.3 Å². The Morgan fingerprint density at radius 1 is 0.679 bits per heavy atom. The summed E-state index contributed by atoms with van der Waals surface area (Å²) in [5.41, 5.74) is 14.3. The maximum absolute atomic E-state index is 13.0. The third kappa shape index (κ3) is 5.71. The molecule has 28 heavy (non-hydrogen) atoms. The van der Waals surface area contributed by atoms with Crippen molar-refractivity contribution >= 4 is 30.1 Å². The van der Waals surface area contributed by atoms with E-state index in [4.69, 9.17) is 11.5 Å². The third-order valence-corrected chi connectivity index (χ3v) is 4.57. The van der Waals surface area contributed by atoms with Crippen LogP contribution in [0.15, 0.2) is 0 Å². The van der Waals surface area contributed by atoms with Crippen LogP contribution in [0.5, 0.6) is 0 Å². The Kier molecular flexibility index (Phi) is 11.5. The largest absolute Gasteiger partial charge is 0.366 e. The molecular weight excluding hydrogens is 378 g/mol. The van der Waals surface area contributed by atoms with Crippen molar-refractivity contribution in [3.05, 3.63) is 33.4 Å². The fourth-order valence-electron chi connectivity index (χ4n) is 3.62. The van der Waals surface area contributed by atoms with Gasteiger partial charge in [-0.05, 0) is 42.4 Å². The van der Waals surface area contributed by atoms with Crippen LogP contribution >= 0.6 is 12.4 Å². The molecule has 5 N–H and O–H groups in total. The van der Waals surface area contributed by atoms with Gasteiger partial charge in [0.25, 0.3) is 5.91 Å². The van der Waals surface area contributed by atoms with Crippen LogP contribution in [0.4, 0.5) is 0 Å². The Labute approximate surface area is 174 Å². The second kappa shape index (κ2) is 12.4. The Balaban J connectivity index is 0.00000729. The van der Waals surface area contributed by atoms with Crippen molar-refractivity contribution in [2.24, 2.45) is 11.5 Å². The number of primary amides is 2. The Hall–Kier alpha value is -2.08. The van der Waals surface area contributed by atoms with Gasteiger partial charge >= 0.3 is 0 Å². The van der Waals surface area contributed by atoms with Gasteiger partial charge < -0.3 is 16.8 Å². The summed E-state index contributed by atoms with van der Waals surface area (Å²) < 4.78 is 0. The normalized spacial score (nSPS) is 10.3. The average Bonchev–Trinajstić information content (AvgIpc) is 2.60. The molecule has 0 saturated heterocycles. The van der Waals surface area contributed by atoms with Crippen LogP contribution in [0.1, 0.15) is 101 Å². The number of carbonyl (C=O) groups excluding carboxylic acids is 3. The molecule has 6 nitrogen and oxygen atoms in total. The Bertz CT molecular complexity index is 672. The number of halogens is 1. The molecule has 0 bridgehead atoms. The van der Waals surface area contributed by atoms with E-state index in [-0.39, 0.29) is 18.3 Å². The third-order valence-electron chi connectivity index (χ3n) is 4.57. The second-order valence-electron chi connectivity index (χ2n) is 6.80. The van der Waals surface area contributed by atoms with Crippen molar-refractivity contribution in [1.29, 1.82) is 0 Å². The van der Waals surface area contributed by atoms with Crippen molar-refractivity contribution in [2.45, 2.75) is 72.6 Å². The van der Waals surface area contributed by atoms with E-state index in [1.807, 2.05) is 27.7 Å². The number of hydrogen-bond acceptors (Lipinski definition) is 3. The van der Waals surface area contributed by atoms with Crippen LogP contribution < -0.4 is 16.8 Å². The number of nitrogens with two attached hydrogens (primary N) is 2. The summed E-state index contributed by atoms with van der Waals surface area (Å²) >= 11 is 0. The molecule has 0 atom stereocenters. The van der Waals surface area contributed by atoms with Crippen LogP contribution in [-0.2, 0) is 19.3 Å². The highest BCUT2D eigenvalue weighted by molar-refractivity contribution is 6.09. The monoisotopic (exact) mass is 411 g/mol. The first-order valence-corrected chi connectivity index (χ1v) is 9.93. The lowest BCUT2D eigenvalue weighted by molar-refractivity contribution is 0.0951. The highest BCUT2D eigenvalue weighted by atomic mass is 35.5. The molecule has 0 aliphatic heterocycles. The summed E-state index contributed by atoms with van der Waals surface area (Å²) in [6, 6.07) is 0. The lowest BCUT2D eigenvalue weighted by Gasteiger charge is -2.24. The lowest BCUT2D eigenvalue weighted by atomic mass is 9.81. The quantitative estimate of drug-likeness (QED) is 0.518. The topological polar surface area (TPSA) is 115 Å². The molecule has 0 radical (unpaired) electrons. The molecule has 0 fully saturated rings. The minimum atomic E-state index is -0.614. The maximum atomic E-state index is 13.0. The van der Waals surface area contributed by atoms with Crippen molar-refractivity contribution in [1.82, 2.24) is 5.32 Å². The van der Waals surface area contributed by atoms with Gasteiger partial charge in [-0.15, -0.1) is 12.4 Å². The zero-order valence-corrected chi connectivity index (χ0v) is 18.3. The van der Waals surface area contributed by atoms with Gasteiger partial charge in [0.2, 0.25) is 11.8 Å². The number of carbonyl (C=O) groups is 3. The fourth-order valence-corrected chi connectivity index (χ4v) is 3.62. The minimum Gasteiger partial charge on any atom is -0.366 e. The standard InChI is InChI=1S/C21H33N3O3.ClH/c1-5-9-13-16(19(22)25)14(10-6-2)18(21(27)24-12-8-4)15(11-7-3)17(13)20(23)26;/h5-12H2,1-4H3,(H2,22,25)(H2,23,26)(H,24,27);1H. The minimum absolute atomic E-state index is 0. The van der Waals surface area contributed by atoms with E-state index in [2.05, 4.69) is 5.32 Å². The first kappa shape index (κ1) is 25.9. The van der Waals surface area contributed by atoms with Gasteiger partial charge in [0.15, 0.2) is 0 Å². The maximum Gasteiger partial charge on any atom is 0.251 e. The summed E-state index contributed by atoms with van der Waals surface area (Å²) in [6.45, 7) is 8.42. The van der Waals surface area contributed by atoms with E-state index in [1.54, 1.807) is 0 Å². The van der Waals surface area contributed by atoms with Gasteiger partial charge in [-0.25, -0.2) is 0 Å². The van der Waals surface area contributed by atoms with E-state index < -0.39 is 11.8 Å². The molecule has 3 amide bonds. The molecule has 0 aromatic heterocycles. The van der Waals surface area contributed by atoms with Crippen LogP contribution in [0.3, 0.4) is 0 Å². The van der Waals surface area contributed by atoms with Crippen LogP contribution in [0, 0.1) is 0 Å². The Morgan fingerprint density at radius 2 is 1.04 bits per heavy atom. The number of hydrogen-bond donors (Lipinski definition) is 3. The summed E-state index contributed by atoms with van der Waals surface area (Å²) in [6.07, 6.45) is 4.62. The zero-order chi connectivity index (χ0) is 20.6. The summed E-state index contributed by atoms with van der Waals surface area (Å²) in [7, 11) is 0. The van der Waals surface area contributed by atoms with Crippen molar-refractivity contribution in [3.63, 3.8) is 0 Å². The molecule has 0 unspecified atom stereocenters. The van der Waals surface area contributed by atoms with Gasteiger partial charge in [-0.1, -0.05) is 47.0 Å². The molecule has 1 rings (SSSR count). The molecule has 0 aliphatic carbocycles. The predicted molar refractivity (Wildman–Crippen MR) is 115 cm³/mol. The van der Waals surface area contributed by atoms with Gasteiger partial charge in [-0.2, -0.15) is 0 Å². The van der Waals surface area contributed by atoms with E-state index in [9.17, 15) is 14.4 Å². The zero-order valence-electron chi connectivity index (χ0n) is 17.4. The number of benzene rings is 1. The van der Waals surface area contributed by atoms with Gasteiger partial charge in [0.1, 0.15) is 0 Å². The molecule has 1 aromatic carbocycles. The Morgan fingerprint density at radius 3 is 1.32 bits per heavy atom. The molecule has 0 heterocycles. The SMILES string of the molecule is CCCNC(=O)c1c(CCC)c(C(N)=O)c(CCC)c(C(N)=O)c1CCC.Cl. The number of rotatable bonds is 11. The second-order valence-corrected chi connectivity index (χ2v) is 6.80. The number of nitrogens with one attached hydrogen (secondary N) is 1. The van der Waals surface area contributed by atoms with Crippen LogP contribution in [0.25, 0.3) is 0 Å². The average molecular weight is 412 g/mol. The van der Waals surface area contributed by atoms with Crippen LogP contribution in [0.2, 0.25) is 0 Å². The van der Waals surface area contributed by atoms with Crippen molar-refractivity contribution < 1.29 is 14.4 Å².